The number of piperidine rings is 1. The minimum atomic E-state index is -0.244. The van der Waals surface area contributed by atoms with Crippen molar-refractivity contribution < 1.29 is 9.18 Å². The summed E-state index contributed by atoms with van der Waals surface area (Å²) in [4.78, 5) is 14.1. The van der Waals surface area contributed by atoms with Crippen LogP contribution in [0.3, 0.4) is 0 Å². The fourth-order valence-corrected chi connectivity index (χ4v) is 4.13. The van der Waals surface area contributed by atoms with Crippen LogP contribution in [0, 0.1) is 5.82 Å². The predicted octanol–water partition coefficient (Wildman–Crippen LogP) is 3.39. The summed E-state index contributed by atoms with van der Waals surface area (Å²) in [5.41, 5.74) is 0.973. The zero-order chi connectivity index (χ0) is 16.8. The number of hydrogen-bond donors (Lipinski definition) is 1. The van der Waals surface area contributed by atoms with E-state index in [1.807, 2.05) is 4.90 Å². The van der Waals surface area contributed by atoms with Crippen LogP contribution in [0.1, 0.15) is 24.8 Å². The number of nitrogens with zero attached hydrogens (tertiary/aromatic N) is 3. The summed E-state index contributed by atoms with van der Waals surface area (Å²) >= 11 is 2.86. The lowest BCUT2D eigenvalue weighted by atomic mass is 10.1. The first-order valence-electron chi connectivity index (χ1n) is 7.93. The molecule has 0 saturated carbocycles. The van der Waals surface area contributed by atoms with Gasteiger partial charge in [0.05, 0.1) is 5.75 Å². The van der Waals surface area contributed by atoms with E-state index in [9.17, 15) is 9.18 Å². The van der Waals surface area contributed by atoms with Crippen LogP contribution in [0.4, 0.5) is 9.52 Å². The Morgan fingerprint density at radius 3 is 2.71 bits per heavy atom. The second kappa shape index (κ2) is 8.43. The third-order valence-electron chi connectivity index (χ3n) is 3.79. The van der Waals surface area contributed by atoms with Crippen LogP contribution in [0.25, 0.3) is 0 Å². The Morgan fingerprint density at radius 1 is 1.21 bits per heavy atom. The molecule has 1 aliphatic heterocycles. The SMILES string of the molecule is O=C(CSc1nnc(NCc2ccc(F)cc2)s1)N1CCCCC1. The molecule has 0 bridgehead atoms. The first-order valence-corrected chi connectivity index (χ1v) is 9.73. The zero-order valence-electron chi connectivity index (χ0n) is 13.2. The van der Waals surface area contributed by atoms with E-state index < -0.39 is 0 Å². The number of carbonyl (C=O) groups excluding carboxylic acids is 1. The fourth-order valence-electron chi connectivity index (χ4n) is 2.48. The highest BCUT2D eigenvalue weighted by Crippen LogP contribution is 2.26. The number of amides is 1. The van der Waals surface area contributed by atoms with Crippen LogP contribution in [-0.4, -0.2) is 39.8 Å². The van der Waals surface area contributed by atoms with E-state index in [-0.39, 0.29) is 11.7 Å². The number of likely N-dealkylation sites (tertiary alicyclic amines) is 1. The van der Waals surface area contributed by atoms with Crippen LogP contribution in [-0.2, 0) is 11.3 Å². The van der Waals surface area contributed by atoms with Gasteiger partial charge in [0.2, 0.25) is 11.0 Å². The van der Waals surface area contributed by atoms with Crippen molar-refractivity contribution in [1.29, 1.82) is 0 Å². The fraction of sp³-hybridized carbons (Fsp3) is 0.438. The maximum atomic E-state index is 12.9. The van der Waals surface area contributed by atoms with Gasteiger partial charge in [0, 0.05) is 19.6 Å². The van der Waals surface area contributed by atoms with Crippen molar-refractivity contribution >= 4 is 34.1 Å². The molecule has 1 aromatic heterocycles. The molecule has 1 saturated heterocycles. The van der Waals surface area contributed by atoms with Crippen LogP contribution in [0.2, 0.25) is 0 Å². The Labute approximate surface area is 148 Å². The van der Waals surface area contributed by atoms with Gasteiger partial charge in [-0.3, -0.25) is 4.79 Å². The molecule has 2 aromatic rings. The highest BCUT2D eigenvalue weighted by atomic mass is 32.2. The molecule has 1 fully saturated rings. The molecular formula is C16H19FN4OS2. The number of nitrogens with one attached hydrogen (secondary N) is 1. The second-order valence-electron chi connectivity index (χ2n) is 5.58. The molecule has 24 heavy (non-hydrogen) atoms. The number of aromatic nitrogens is 2. The summed E-state index contributed by atoms with van der Waals surface area (Å²) in [5, 5.41) is 12.0. The normalized spacial score (nSPS) is 14.6. The standard InChI is InChI=1S/C16H19FN4OS2/c17-13-6-4-12(5-7-13)10-18-15-19-20-16(24-15)23-11-14(22)21-8-2-1-3-9-21/h4-7H,1-3,8-11H2,(H,18,19). The molecule has 0 aliphatic carbocycles. The van der Waals surface area contributed by atoms with Gasteiger partial charge in [-0.2, -0.15) is 0 Å². The first kappa shape index (κ1) is 17.2. The van der Waals surface area contributed by atoms with Crippen LogP contribution >= 0.6 is 23.1 Å². The van der Waals surface area contributed by atoms with Gasteiger partial charge in [0.1, 0.15) is 5.82 Å². The van der Waals surface area contributed by atoms with Gasteiger partial charge in [0.15, 0.2) is 4.34 Å². The summed E-state index contributed by atoms with van der Waals surface area (Å²) in [6, 6.07) is 6.34. The van der Waals surface area contributed by atoms with Gasteiger partial charge in [-0.05, 0) is 37.0 Å². The van der Waals surface area contributed by atoms with Gasteiger partial charge in [-0.25, -0.2) is 4.39 Å². The zero-order valence-corrected chi connectivity index (χ0v) is 14.8. The van der Waals surface area contributed by atoms with Gasteiger partial charge in [0.25, 0.3) is 0 Å². The van der Waals surface area contributed by atoms with E-state index in [1.54, 1.807) is 12.1 Å². The molecule has 2 heterocycles. The number of hydrogen-bond acceptors (Lipinski definition) is 6. The second-order valence-corrected chi connectivity index (χ2v) is 7.78. The third kappa shape index (κ3) is 4.91. The van der Waals surface area contributed by atoms with Crippen molar-refractivity contribution in [2.24, 2.45) is 0 Å². The Hall–Kier alpha value is -1.67. The highest BCUT2D eigenvalue weighted by Gasteiger charge is 2.17. The van der Waals surface area contributed by atoms with Crippen molar-refractivity contribution in [2.45, 2.75) is 30.1 Å². The largest absolute Gasteiger partial charge is 0.356 e. The number of thioether (sulfide) groups is 1. The van der Waals surface area contributed by atoms with Gasteiger partial charge in [-0.1, -0.05) is 35.2 Å². The summed E-state index contributed by atoms with van der Waals surface area (Å²) in [6.45, 7) is 2.31. The Morgan fingerprint density at radius 2 is 1.96 bits per heavy atom. The predicted molar refractivity (Wildman–Crippen MR) is 94.8 cm³/mol. The van der Waals surface area contributed by atoms with E-state index in [4.69, 9.17) is 0 Å². The molecule has 1 amide bonds. The quantitative estimate of drug-likeness (QED) is 0.794. The molecule has 0 spiro atoms. The smallest absolute Gasteiger partial charge is 0.233 e. The Balaban J connectivity index is 1.44. The lowest BCUT2D eigenvalue weighted by Crippen LogP contribution is -2.36. The van der Waals surface area contributed by atoms with Gasteiger partial charge < -0.3 is 10.2 Å². The van der Waals surface area contributed by atoms with Gasteiger partial charge >= 0.3 is 0 Å². The number of benzene rings is 1. The maximum Gasteiger partial charge on any atom is 0.233 e. The minimum Gasteiger partial charge on any atom is -0.356 e. The number of halogens is 1. The molecule has 0 atom stereocenters. The molecular weight excluding hydrogens is 347 g/mol. The average molecular weight is 366 g/mol. The van der Waals surface area contributed by atoms with E-state index in [1.165, 1.54) is 41.7 Å². The summed E-state index contributed by atoms with van der Waals surface area (Å²) in [6.07, 6.45) is 3.43. The maximum absolute atomic E-state index is 12.9. The summed E-state index contributed by atoms with van der Waals surface area (Å²) in [5.74, 6) is 0.342. The van der Waals surface area contributed by atoms with E-state index in [0.717, 1.165) is 35.8 Å². The highest BCUT2D eigenvalue weighted by molar-refractivity contribution is 8.01. The average Bonchev–Trinajstić information content (AvgIpc) is 3.08. The molecule has 0 radical (unpaired) electrons. The molecule has 1 aliphatic rings. The van der Waals surface area contributed by atoms with E-state index in [0.29, 0.717) is 17.4 Å². The lowest BCUT2D eigenvalue weighted by molar-refractivity contribution is -0.129. The number of carbonyl (C=O) groups is 1. The van der Waals surface area contributed by atoms with Crippen molar-refractivity contribution in [1.82, 2.24) is 15.1 Å². The van der Waals surface area contributed by atoms with Crippen molar-refractivity contribution in [2.75, 3.05) is 24.2 Å². The number of anilines is 1. The Kier molecular flexibility index (Phi) is 6.03. The van der Waals surface area contributed by atoms with Crippen LogP contribution in [0.15, 0.2) is 28.6 Å². The first-order chi connectivity index (χ1) is 11.7. The topological polar surface area (TPSA) is 58.1 Å². The minimum absolute atomic E-state index is 0.177. The van der Waals surface area contributed by atoms with Crippen molar-refractivity contribution in [3.05, 3.63) is 35.6 Å². The van der Waals surface area contributed by atoms with Crippen molar-refractivity contribution in [3.63, 3.8) is 0 Å². The molecule has 0 unspecified atom stereocenters. The van der Waals surface area contributed by atoms with Crippen molar-refractivity contribution in [3.8, 4) is 0 Å². The molecule has 8 heteroatoms. The molecule has 1 N–H and O–H groups in total. The molecule has 128 valence electrons. The molecule has 1 aromatic carbocycles. The van der Waals surface area contributed by atoms with Gasteiger partial charge in [-0.15, -0.1) is 10.2 Å². The third-order valence-corrected chi connectivity index (χ3v) is 5.79. The summed E-state index contributed by atoms with van der Waals surface area (Å²) < 4.78 is 13.6. The van der Waals surface area contributed by atoms with E-state index >= 15 is 0 Å². The molecule has 3 rings (SSSR count). The van der Waals surface area contributed by atoms with E-state index in [2.05, 4.69) is 15.5 Å². The monoisotopic (exact) mass is 366 g/mol. The number of rotatable bonds is 6. The lowest BCUT2D eigenvalue weighted by Gasteiger charge is -2.26. The summed E-state index contributed by atoms with van der Waals surface area (Å²) in [7, 11) is 0. The molecule has 5 nitrogen and oxygen atoms in total. The van der Waals surface area contributed by atoms with Crippen LogP contribution in [0.5, 0.6) is 0 Å². The van der Waals surface area contributed by atoms with Crippen LogP contribution < -0.4 is 5.32 Å². The Bertz CT molecular complexity index is 671.